The zero-order chi connectivity index (χ0) is 22.8. The van der Waals surface area contributed by atoms with Crippen LogP contribution in [0, 0.1) is 0 Å². The van der Waals surface area contributed by atoms with E-state index in [4.69, 9.17) is 9.15 Å². The third kappa shape index (κ3) is 6.40. The van der Waals surface area contributed by atoms with Crippen molar-refractivity contribution in [2.24, 2.45) is 0 Å². The van der Waals surface area contributed by atoms with Gasteiger partial charge in [0.2, 0.25) is 11.8 Å². The zero-order valence-corrected chi connectivity index (χ0v) is 18.3. The van der Waals surface area contributed by atoms with Crippen LogP contribution in [0.5, 0.6) is 0 Å². The number of carbonyl (C=O) groups excluding carboxylic acids is 3. The van der Waals surface area contributed by atoms with Crippen LogP contribution in [-0.2, 0) is 14.3 Å². The molecule has 0 radical (unpaired) electrons. The number of amides is 3. The summed E-state index contributed by atoms with van der Waals surface area (Å²) in [4.78, 5) is 44.3. The maximum absolute atomic E-state index is 13.4. The highest BCUT2D eigenvalue weighted by Crippen LogP contribution is 2.23. The van der Waals surface area contributed by atoms with Gasteiger partial charge < -0.3 is 24.7 Å². The molecule has 2 heterocycles. The molecule has 1 aliphatic carbocycles. The van der Waals surface area contributed by atoms with Crippen molar-refractivity contribution in [3.63, 3.8) is 0 Å². The average Bonchev–Trinajstić information content (AvgIpc) is 3.36. The topological polar surface area (TPSA) is 114 Å². The van der Waals surface area contributed by atoms with E-state index in [-0.39, 0.29) is 37.4 Å². The number of furan rings is 1. The third-order valence-electron chi connectivity index (χ3n) is 5.51. The number of hydrogen-bond acceptors (Lipinski definition) is 6. The van der Waals surface area contributed by atoms with Crippen LogP contribution >= 0.6 is 0 Å². The van der Waals surface area contributed by atoms with Crippen molar-refractivity contribution in [1.29, 1.82) is 0 Å². The fraction of sp³-hybridized carbons (Fsp3) is 0.478. The van der Waals surface area contributed by atoms with Crippen molar-refractivity contribution in [3.05, 3.63) is 54.2 Å². The largest absolute Gasteiger partial charge is 0.459 e. The molecule has 1 fully saturated rings. The van der Waals surface area contributed by atoms with Gasteiger partial charge in [0.05, 0.1) is 19.4 Å². The minimum absolute atomic E-state index is 0.0912. The smallest absolute Gasteiger partial charge is 0.287 e. The van der Waals surface area contributed by atoms with Gasteiger partial charge in [0.25, 0.3) is 5.91 Å². The Labute approximate surface area is 187 Å². The summed E-state index contributed by atoms with van der Waals surface area (Å²) in [5.41, 5.74) is 0.600. The Kier molecular flexibility index (Phi) is 8.79. The minimum Gasteiger partial charge on any atom is -0.459 e. The average molecular weight is 443 g/mol. The number of pyridine rings is 1. The van der Waals surface area contributed by atoms with E-state index >= 15 is 0 Å². The lowest BCUT2D eigenvalue weighted by Crippen LogP contribution is -2.50. The van der Waals surface area contributed by atoms with E-state index in [1.807, 2.05) is 0 Å². The maximum Gasteiger partial charge on any atom is 0.287 e. The second-order valence-electron chi connectivity index (χ2n) is 7.77. The second-order valence-corrected chi connectivity index (χ2v) is 7.77. The molecule has 1 saturated carbocycles. The highest BCUT2D eigenvalue weighted by Gasteiger charge is 2.33. The predicted octanol–water partition coefficient (Wildman–Crippen LogP) is 2.07. The number of methoxy groups -OCH3 is 1. The molecule has 2 aromatic heterocycles. The normalized spacial score (nSPS) is 15.0. The number of ether oxygens (including phenoxy) is 1. The van der Waals surface area contributed by atoms with Crippen molar-refractivity contribution in [2.45, 2.75) is 44.2 Å². The zero-order valence-electron chi connectivity index (χ0n) is 18.3. The van der Waals surface area contributed by atoms with Crippen LogP contribution in [0.15, 0.2) is 47.3 Å². The van der Waals surface area contributed by atoms with E-state index in [1.54, 1.807) is 30.6 Å². The van der Waals surface area contributed by atoms with Crippen molar-refractivity contribution in [2.75, 3.05) is 26.8 Å². The first-order valence-corrected chi connectivity index (χ1v) is 10.9. The Bertz CT molecular complexity index is 866. The van der Waals surface area contributed by atoms with Crippen LogP contribution < -0.4 is 10.6 Å². The number of carbonyl (C=O) groups is 3. The van der Waals surface area contributed by atoms with E-state index in [0.717, 1.165) is 25.7 Å². The van der Waals surface area contributed by atoms with Gasteiger partial charge in [-0.05, 0) is 31.0 Å². The van der Waals surface area contributed by atoms with Gasteiger partial charge in [-0.2, -0.15) is 0 Å². The van der Waals surface area contributed by atoms with Crippen LogP contribution in [0.4, 0.5) is 0 Å². The summed E-state index contributed by atoms with van der Waals surface area (Å²) in [6.45, 7) is 0.145. The molecule has 2 aromatic rings. The van der Waals surface area contributed by atoms with E-state index in [2.05, 4.69) is 15.6 Å². The third-order valence-corrected chi connectivity index (χ3v) is 5.51. The van der Waals surface area contributed by atoms with Gasteiger partial charge in [-0.3, -0.25) is 19.4 Å². The van der Waals surface area contributed by atoms with Crippen LogP contribution in [-0.4, -0.2) is 60.5 Å². The number of aromatic nitrogens is 1. The van der Waals surface area contributed by atoms with Gasteiger partial charge in [0.15, 0.2) is 5.76 Å². The van der Waals surface area contributed by atoms with Crippen molar-refractivity contribution >= 4 is 17.7 Å². The van der Waals surface area contributed by atoms with E-state index < -0.39 is 17.9 Å². The van der Waals surface area contributed by atoms with Gasteiger partial charge in [0, 0.05) is 37.7 Å². The molecule has 0 saturated heterocycles. The first-order valence-electron chi connectivity index (χ1n) is 10.9. The highest BCUT2D eigenvalue weighted by atomic mass is 16.5. The van der Waals surface area contributed by atoms with Gasteiger partial charge in [0.1, 0.15) is 6.04 Å². The first-order chi connectivity index (χ1) is 15.6. The summed E-state index contributed by atoms with van der Waals surface area (Å²) in [6.07, 6.45) is 9.76. The lowest BCUT2D eigenvalue weighted by molar-refractivity contribution is -0.141. The molecule has 3 rings (SSSR count). The van der Waals surface area contributed by atoms with E-state index in [9.17, 15) is 14.4 Å². The molecule has 0 unspecified atom stereocenters. The Morgan fingerprint density at radius 1 is 1.22 bits per heavy atom. The highest BCUT2D eigenvalue weighted by molar-refractivity contribution is 5.95. The molecule has 1 atom stereocenters. The maximum atomic E-state index is 13.4. The quantitative estimate of drug-likeness (QED) is 0.582. The molecular weight excluding hydrogens is 412 g/mol. The molecule has 0 spiro atoms. The van der Waals surface area contributed by atoms with Crippen LogP contribution in [0.2, 0.25) is 0 Å². The number of nitrogens with one attached hydrogen (secondary N) is 2. The molecular formula is C23H30N4O5. The Hall–Kier alpha value is -3.20. The Morgan fingerprint density at radius 3 is 2.69 bits per heavy atom. The molecule has 9 heteroatoms. The van der Waals surface area contributed by atoms with Gasteiger partial charge in [-0.15, -0.1) is 0 Å². The predicted molar refractivity (Wildman–Crippen MR) is 117 cm³/mol. The summed E-state index contributed by atoms with van der Waals surface area (Å²) < 4.78 is 10.2. The van der Waals surface area contributed by atoms with E-state index in [0.29, 0.717) is 5.56 Å². The molecule has 2 N–H and O–H groups in total. The van der Waals surface area contributed by atoms with Crippen LogP contribution in [0.25, 0.3) is 0 Å². The molecule has 32 heavy (non-hydrogen) atoms. The molecule has 0 bridgehead atoms. The lowest BCUT2D eigenvalue weighted by atomic mass is 9.95. The fourth-order valence-corrected chi connectivity index (χ4v) is 3.88. The van der Waals surface area contributed by atoms with E-state index in [1.165, 1.54) is 30.8 Å². The molecule has 0 aromatic carbocycles. The minimum atomic E-state index is -0.881. The number of rotatable bonds is 10. The first kappa shape index (κ1) is 23.5. The Balaban J connectivity index is 1.78. The number of hydrogen-bond donors (Lipinski definition) is 2. The Morgan fingerprint density at radius 2 is 2.03 bits per heavy atom. The lowest BCUT2D eigenvalue weighted by Gasteiger charge is -2.33. The monoisotopic (exact) mass is 442 g/mol. The summed E-state index contributed by atoms with van der Waals surface area (Å²) in [6, 6.07) is 5.82. The summed E-state index contributed by atoms with van der Waals surface area (Å²) in [5.74, 6) is -1.05. The van der Waals surface area contributed by atoms with Crippen molar-refractivity contribution in [3.8, 4) is 0 Å². The van der Waals surface area contributed by atoms with Crippen molar-refractivity contribution < 1.29 is 23.5 Å². The van der Waals surface area contributed by atoms with Gasteiger partial charge in [-0.25, -0.2) is 0 Å². The summed E-state index contributed by atoms with van der Waals surface area (Å²) in [7, 11) is 1.53. The molecule has 0 aliphatic heterocycles. The van der Waals surface area contributed by atoms with Gasteiger partial charge >= 0.3 is 0 Å². The molecule has 1 aliphatic rings. The van der Waals surface area contributed by atoms with Gasteiger partial charge in [-0.1, -0.05) is 25.3 Å². The second kappa shape index (κ2) is 12.0. The molecule has 3 amide bonds. The fourth-order valence-electron chi connectivity index (χ4n) is 3.88. The SMILES string of the molecule is COCCN(C(=O)CNC(=O)c1ccco1)[C@H](C(=O)NC1CCCCC1)c1cccnc1. The van der Waals surface area contributed by atoms with Crippen LogP contribution in [0.1, 0.15) is 54.3 Å². The number of nitrogens with zero attached hydrogens (tertiary/aromatic N) is 2. The standard InChI is InChI=1S/C23H30N4O5/c1-31-14-12-27(20(28)16-25-22(29)19-10-6-13-32-19)21(17-7-5-11-24-15-17)23(30)26-18-8-3-2-4-9-18/h5-7,10-11,13,15,18,21H,2-4,8-9,12,14,16H2,1H3,(H,25,29)(H,26,30)/t21-/m0/s1. The summed E-state index contributed by atoms with van der Waals surface area (Å²) in [5, 5.41) is 5.67. The molecule has 9 nitrogen and oxygen atoms in total. The van der Waals surface area contributed by atoms with Crippen molar-refractivity contribution in [1.82, 2.24) is 20.5 Å². The van der Waals surface area contributed by atoms with Crippen LogP contribution in [0.3, 0.4) is 0 Å². The molecule has 172 valence electrons. The summed E-state index contributed by atoms with van der Waals surface area (Å²) >= 11 is 0.